The van der Waals surface area contributed by atoms with Gasteiger partial charge in [-0.1, -0.05) is 6.92 Å². The molecular formula is C10H21NO2S. The summed E-state index contributed by atoms with van der Waals surface area (Å²) in [4.78, 5) is 10.2. The quantitative estimate of drug-likeness (QED) is 0.581. The van der Waals surface area contributed by atoms with Gasteiger partial charge in [0.15, 0.2) is 0 Å². The lowest BCUT2D eigenvalue weighted by atomic mass is 10.2. The standard InChI is InChI=1S/C10H21NO2S/c1-9(8-14-2)7-11-6-4-3-5-10(12)13/h9,11H,3-8H2,1-2H3,(H,12,13). The first-order valence-electron chi connectivity index (χ1n) is 5.08. The van der Waals surface area contributed by atoms with Crippen LogP contribution in [0, 0.1) is 5.92 Å². The van der Waals surface area contributed by atoms with Gasteiger partial charge in [0.25, 0.3) is 0 Å². The lowest BCUT2D eigenvalue weighted by Gasteiger charge is -2.10. The van der Waals surface area contributed by atoms with Gasteiger partial charge in [0.1, 0.15) is 0 Å². The average Bonchev–Trinajstić information content (AvgIpc) is 2.11. The maximum absolute atomic E-state index is 10.2. The Morgan fingerprint density at radius 3 is 2.79 bits per heavy atom. The Kier molecular flexibility index (Phi) is 9.19. The molecule has 1 unspecified atom stereocenters. The molecule has 2 N–H and O–H groups in total. The molecule has 0 bridgehead atoms. The zero-order valence-electron chi connectivity index (χ0n) is 9.08. The van der Waals surface area contributed by atoms with E-state index >= 15 is 0 Å². The number of nitrogens with one attached hydrogen (secondary N) is 1. The maximum Gasteiger partial charge on any atom is 0.303 e. The van der Waals surface area contributed by atoms with E-state index in [1.54, 1.807) is 0 Å². The molecular weight excluding hydrogens is 198 g/mol. The zero-order chi connectivity index (χ0) is 10.8. The van der Waals surface area contributed by atoms with Crippen LogP contribution in [0.5, 0.6) is 0 Å². The number of carbonyl (C=O) groups is 1. The number of carboxylic acid groups (broad SMARTS) is 1. The molecule has 0 aromatic heterocycles. The molecule has 0 aromatic carbocycles. The molecule has 0 saturated heterocycles. The first-order chi connectivity index (χ1) is 6.66. The van der Waals surface area contributed by atoms with E-state index in [1.165, 1.54) is 5.75 Å². The number of carboxylic acids is 1. The summed E-state index contributed by atoms with van der Waals surface area (Å²) in [5.74, 6) is 1.19. The summed E-state index contributed by atoms with van der Waals surface area (Å²) in [6.45, 7) is 4.20. The van der Waals surface area contributed by atoms with Crippen LogP contribution < -0.4 is 5.32 Å². The van der Waals surface area contributed by atoms with Gasteiger partial charge in [-0.25, -0.2) is 0 Å². The predicted octanol–water partition coefficient (Wildman–Crippen LogP) is 1.83. The minimum Gasteiger partial charge on any atom is -0.481 e. The molecule has 0 heterocycles. The van der Waals surface area contributed by atoms with Gasteiger partial charge in [-0.2, -0.15) is 11.8 Å². The van der Waals surface area contributed by atoms with Gasteiger partial charge in [0, 0.05) is 6.42 Å². The minimum atomic E-state index is -0.694. The summed E-state index contributed by atoms with van der Waals surface area (Å²) < 4.78 is 0. The van der Waals surface area contributed by atoms with Crippen molar-refractivity contribution < 1.29 is 9.90 Å². The van der Waals surface area contributed by atoms with E-state index < -0.39 is 5.97 Å². The number of hydrogen-bond donors (Lipinski definition) is 2. The van der Waals surface area contributed by atoms with Crippen LogP contribution in [0.1, 0.15) is 26.2 Å². The third kappa shape index (κ3) is 9.86. The predicted molar refractivity (Wildman–Crippen MR) is 61.9 cm³/mol. The zero-order valence-corrected chi connectivity index (χ0v) is 9.90. The second-order valence-electron chi connectivity index (χ2n) is 3.62. The van der Waals surface area contributed by atoms with Crippen LogP contribution >= 0.6 is 11.8 Å². The molecule has 0 spiro atoms. The van der Waals surface area contributed by atoms with Crippen LogP contribution in [0.4, 0.5) is 0 Å². The van der Waals surface area contributed by atoms with E-state index in [1.807, 2.05) is 11.8 Å². The molecule has 3 nitrogen and oxygen atoms in total. The van der Waals surface area contributed by atoms with Gasteiger partial charge in [0.05, 0.1) is 0 Å². The summed E-state index contributed by atoms with van der Waals surface area (Å²) in [5.41, 5.74) is 0. The number of rotatable bonds is 9. The largest absolute Gasteiger partial charge is 0.481 e. The third-order valence-electron chi connectivity index (χ3n) is 1.94. The highest BCUT2D eigenvalue weighted by Crippen LogP contribution is 2.02. The molecule has 1 atom stereocenters. The fraction of sp³-hybridized carbons (Fsp3) is 0.900. The Labute approximate surface area is 90.7 Å². The Balaban J connectivity index is 3.09. The fourth-order valence-corrected chi connectivity index (χ4v) is 1.91. The van der Waals surface area contributed by atoms with Gasteiger partial charge in [-0.3, -0.25) is 4.79 Å². The van der Waals surface area contributed by atoms with Gasteiger partial charge in [-0.15, -0.1) is 0 Å². The monoisotopic (exact) mass is 219 g/mol. The van der Waals surface area contributed by atoms with Crippen LogP contribution in [-0.4, -0.2) is 36.2 Å². The van der Waals surface area contributed by atoms with Crippen molar-refractivity contribution in [1.29, 1.82) is 0 Å². The summed E-state index contributed by atoms with van der Waals surface area (Å²) in [7, 11) is 0. The Hall–Kier alpha value is -0.220. The summed E-state index contributed by atoms with van der Waals surface area (Å²) in [6.07, 6.45) is 4.14. The smallest absolute Gasteiger partial charge is 0.303 e. The van der Waals surface area contributed by atoms with E-state index in [4.69, 9.17) is 5.11 Å². The van der Waals surface area contributed by atoms with Crippen molar-refractivity contribution in [2.75, 3.05) is 25.1 Å². The molecule has 4 heteroatoms. The normalized spacial score (nSPS) is 12.7. The van der Waals surface area contributed by atoms with E-state index in [0.29, 0.717) is 12.3 Å². The highest BCUT2D eigenvalue weighted by molar-refractivity contribution is 7.98. The van der Waals surface area contributed by atoms with Crippen LogP contribution in [-0.2, 0) is 4.79 Å². The third-order valence-corrected chi connectivity index (χ3v) is 2.84. The molecule has 0 rings (SSSR count). The van der Waals surface area contributed by atoms with Gasteiger partial charge >= 0.3 is 5.97 Å². The molecule has 14 heavy (non-hydrogen) atoms. The van der Waals surface area contributed by atoms with Crippen LogP contribution in [0.3, 0.4) is 0 Å². The molecule has 0 amide bonds. The fourth-order valence-electron chi connectivity index (χ4n) is 1.22. The highest BCUT2D eigenvalue weighted by Gasteiger charge is 2.00. The van der Waals surface area contributed by atoms with E-state index in [-0.39, 0.29) is 0 Å². The first kappa shape index (κ1) is 13.8. The average molecular weight is 219 g/mol. The Bertz CT molecular complexity index is 153. The lowest BCUT2D eigenvalue weighted by Crippen LogP contribution is -2.23. The van der Waals surface area contributed by atoms with E-state index in [9.17, 15) is 4.79 Å². The minimum absolute atomic E-state index is 0.294. The van der Waals surface area contributed by atoms with Crippen molar-refractivity contribution in [3.05, 3.63) is 0 Å². The summed E-state index contributed by atoms with van der Waals surface area (Å²) >= 11 is 1.86. The highest BCUT2D eigenvalue weighted by atomic mass is 32.2. The van der Waals surface area contributed by atoms with Crippen LogP contribution in [0.2, 0.25) is 0 Å². The van der Waals surface area contributed by atoms with Crippen molar-refractivity contribution in [3.63, 3.8) is 0 Å². The molecule has 0 saturated carbocycles. The summed E-state index contributed by atoms with van der Waals surface area (Å²) in [5, 5.41) is 11.7. The summed E-state index contributed by atoms with van der Waals surface area (Å²) in [6, 6.07) is 0. The second-order valence-corrected chi connectivity index (χ2v) is 4.53. The van der Waals surface area contributed by atoms with Crippen molar-refractivity contribution in [1.82, 2.24) is 5.32 Å². The van der Waals surface area contributed by atoms with Crippen molar-refractivity contribution in [3.8, 4) is 0 Å². The van der Waals surface area contributed by atoms with E-state index in [0.717, 1.165) is 25.9 Å². The number of aliphatic carboxylic acids is 1. The van der Waals surface area contributed by atoms with Crippen molar-refractivity contribution in [2.45, 2.75) is 26.2 Å². The molecule has 0 fully saturated rings. The van der Waals surface area contributed by atoms with Crippen molar-refractivity contribution in [2.24, 2.45) is 5.92 Å². The van der Waals surface area contributed by atoms with E-state index in [2.05, 4.69) is 18.5 Å². The second kappa shape index (κ2) is 9.34. The Morgan fingerprint density at radius 1 is 1.50 bits per heavy atom. The lowest BCUT2D eigenvalue weighted by molar-refractivity contribution is -0.137. The molecule has 84 valence electrons. The van der Waals surface area contributed by atoms with Gasteiger partial charge < -0.3 is 10.4 Å². The molecule has 0 aliphatic heterocycles. The van der Waals surface area contributed by atoms with Gasteiger partial charge in [0.2, 0.25) is 0 Å². The maximum atomic E-state index is 10.2. The topological polar surface area (TPSA) is 49.3 Å². The Morgan fingerprint density at radius 2 is 2.21 bits per heavy atom. The van der Waals surface area contributed by atoms with Gasteiger partial charge in [-0.05, 0) is 43.9 Å². The molecule has 0 radical (unpaired) electrons. The SMILES string of the molecule is CSCC(C)CNCCCCC(=O)O. The molecule has 0 aliphatic carbocycles. The number of unbranched alkanes of at least 4 members (excludes halogenated alkanes) is 1. The molecule has 0 aromatic rings. The van der Waals surface area contributed by atoms with Crippen molar-refractivity contribution >= 4 is 17.7 Å². The number of hydrogen-bond acceptors (Lipinski definition) is 3. The molecule has 0 aliphatic rings. The first-order valence-corrected chi connectivity index (χ1v) is 6.47. The number of thioether (sulfide) groups is 1. The van der Waals surface area contributed by atoms with Crippen LogP contribution in [0.25, 0.3) is 0 Å². The van der Waals surface area contributed by atoms with Crippen LogP contribution in [0.15, 0.2) is 0 Å².